The topological polar surface area (TPSA) is 89.5 Å². The van der Waals surface area contributed by atoms with E-state index in [1.165, 1.54) is 6.08 Å². The fourth-order valence-electron chi connectivity index (χ4n) is 0.586. The number of allylic oxidation sites excluding steroid dienone is 1. The number of rotatable bonds is 2. The second-order valence-corrected chi connectivity index (χ2v) is 1.74. The van der Waals surface area contributed by atoms with Gasteiger partial charge in [-0.15, -0.1) is 0 Å². The van der Waals surface area contributed by atoms with Crippen LogP contribution in [0.3, 0.4) is 0 Å². The molecule has 0 aromatic heterocycles. The summed E-state index contributed by atoms with van der Waals surface area (Å²) < 4.78 is 0. The second-order valence-electron chi connectivity index (χ2n) is 1.74. The second kappa shape index (κ2) is 2.37. The Morgan fingerprint density at radius 3 is 2.36 bits per heavy atom. The summed E-state index contributed by atoms with van der Waals surface area (Å²) in [5, 5.41) is 19.6. The molecule has 0 atom stereocenters. The van der Waals surface area contributed by atoms with Gasteiger partial charge in [0.05, 0.1) is 11.1 Å². The molecule has 0 fully saturated rings. The van der Waals surface area contributed by atoms with Gasteiger partial charge in [-0.1, -0.05) is 5.01 Å². The first-order valence-electron chi connectivity index (χ1n) is 2.58. The standard InChI is InChI=1S/C4H3N3O4/c8-6(9)3-4-1-2-5(4)7(10)11/h1-3H. The average molecular weight is 157 g/mol. The van der Waals surface area contributed by atoms with Gasteiger partial charge in [-0.2, -0.15) is 0 Å². The van der Waals surface area contributed by atoms with Crippen molar-refractivity contribution in [3.05, 3.63) is 44.4 Å². The molecule has 0 saturated carbocycles. The van der Waals surface area contributed by atoms with Crippen molar-refractivity contribution in [3.8, 4) is 0 Å². The van der Waals surface area contributed by atoms with E-state index in [4.69, 9.17) is 0 Å². The molecule has 11 heavy (non-hydrogen) atoms. The number of nitrogens with zero attached hydrogens (tertiary/aromatic N) is 3. The van der Waals surface area contributed by atoms with Gasteiger partial charge >= 0.3 is 0 Å². The van der Waals surface area contributed by atoms with Crippen molar-refractivity contribution < 1.29 is 9.96 Å². The lowest BCUT2D eigenvalue weighted by atomic mass is 10.3. The van der Waals surface area contributed by atoms with Crippen LogP contribution in [0.25, 0.3) is 0 Å². The minimum absolute atomic E-state index is 0.0278. The largest absolute Gasteiger partial charge is 0.264 e. The Hall–Kier alpha value is -1.92. The van der Waals surface area contributed by atoms with E-state index >= 15 is 0 Å². The van der Waals surface area contributed by atoms with Crippen LogP contribution in [-0.4, -0.2) is 15.0 Å². The Balaban J connectivity index is 2.73. The third kappa shape index (κ3) is 1.31. The summed E-state index contributed by atoms with van der Waals surface area (Å²) in [5.74, 6) is 0. The lowest BCUT2D eigenvalue weighted by Crippen LogP contribution is -2.29. The summed E-state index contributed by atoms with van der Waals surface area (Å²) >= 11 is 0. The molecule has 0 spiro atoms. The summed E-state index contributed by atoms with van der Waals surface area (Å²) in [6.07, 6.45) is 2.99. The smallest absolute Gasteiger partial charge is 0.259 e. The molecule has 1 aliphatic rings. The van der Waals surface area contributed by atoms with Gasteiger partial charge < -0.3 is 0 Å². The maximum absolute atomic E-state index is 9.99. The molecule has 0 saturated heterocycles. The van der Waals surface area contributed by atoms with Crippen molar-refractivity contribution in [2.24, 2.45) is 0 Å². The Morgan fingerprint density at radius 2 is 2.09 bits per heavy atom. The molecule has 0 radical (unpaired) electrons. The quantitative estimate of drug-likeness (QED) is 0.419. The van der Waals surface area contributed by atoms with Crippen molar-refractivity contribution in [1.82, 2.24) is 5.01 Å². The summed E-state index contributed by atoms with van der Waals surface area (Å²) in [6.45, 7) is 0. The molecule has 0 bridgehead atoms. The van der Waals surface area contributed by atoms with Gasteiger partial charge in [-0.25, -0.2) is 10.1 Å². The molecule has 0 aliphatic carbocycles. The van der Waals surface area contributed by atoms with Crippen LogP contribution in [0.4, 0.5) is 0 Å². The molecule has 0 unspecified atom stereocenters. The molecule has 0 aromatic rings. The first kappa shape index (κ1) is 7.19. The van der Waals surface area contributed by atoms with Crippen LogP contribution >= 0.6 is 0 Å². The van der Waals surface area contributed by atoms with E-state index in [1.807, 2.05) is 0 Å². The van der Waals surface area contributed by atoms with Gasteiger partial charge in [0.15, 0.2) is 10.7 Å². The molecular formula is C4H3N3O4. The van der Waals surface area contributed by atoms with Crippen LogP contribution in [0.2, 0.25) is 0 Å². The highest BCUT2D eigenvalue weighted by Crippen LogP contribution is 2.16. The highest BCUT2D eigenvalue weighted by atomic mass is 16.7. The predicted molar refractivity (Wildman–Crippen MR) is 33.1 cm³/mol. The summed E-state index contributed by atoms with van der Waals surface area (Å²) in [7, 11) is 0. The number of nitro groups is 2. The predicted octanol–water partition coefficient (Wildman–Crippen LogP) is 0.125. The highest BCUT2D eigenvalue weighted by molar-refractivity contribution is 5.23. The van der Waals surface area contributed by atoms with E-state index in [0.29, 0.717) is 11.2 Å². The Kier molecular flexibility index (Phi) is 1.55. The normalized spacial score (nSPS) is 18.2. The number of hydrogen-bond acceptors (Lipinski definition) is 4. The zero-order chi connectivity index (χ0) is 8.43. The molecule has 1 rings (SSSR count). The Bertz CT molecular complexity index is 269. The fraction of sp³-hybridized carbons (Fsp3) is 0. The van der Waals surface area contributed by atoms with Gasteiger partial charge in [-0.05, 0) is 6.08 Å². The van der Waals surface area contributed by atoms with E-state index in [1.54, 1.807) is 0 Å². The number of hydrazine groups is 1. The van der Waals surface area contributed by atoms with Gasteiger partial charge in [0.1, 0.15) is 0 Å². The van der Waals surface area contributed by atoms with Crippen LogP contribution in [0, 0.1) is 20.2 Å². The molecule has 7 heteroatoms. The Morgan fingerprint density at radius 1 is 1.45 bits per heavy atom. The summed E-state index contributed by atoms with van der Waals surface area (Å²) in [6, 6.07) is 0. The third-order valence-corrected chi connectivity index (χ3v) is 1.06. The van der Waals surface area contributed by atoms with E-state index in [-0.39, 0.29) is 5.70 Å². The Labute approximate surface area is 60.5 Å². The zero-order valence-electron chi connectivity index (χ0n) is 5.21. The van der Waals surface area contributed by atoms with Gasteiger partial charge in [0.25, 0.3) is 6.20 Å². The minimum Gasteiger partial charge on any atom is -0.259 e. The van der Waals surface area contributed by atoms with Gasteiger partial charge in [0, 0.05) is 0 Å². The van der Waals surface area contributed by atoms with Gasteiger partial charge in [-0.3, -0.25) is 10.1 Å². The minimum atomic E-state index is -0.741. The lowest BCUT2D eigenvalue weighted by molar-refractivity contribution is -0.633. The van der Waals surface area contributed by atoms with Crippen molar-refractivity contribution in [1.29, 1.82) is 0 Å². The maximum atomic E-state index is 9.99. The molecule has 7 nitrogen and oxygen atoms in total. The monoisotopic (exact) mass is 157 g/mol. The van der Waals surface area contributed by atoms with E-state index in [9.17, 15) is 20.2 Å². The van der Waals surface area contributed by atoms with Crippen molar-refractivity contribution in [2.45, 2.75) is 0 Å². The summed E-state index contributed by atoms with van der Waals surface area (Å²) in [4.78, 5) is 19.1. The van der Waals surface area contributed by atoms with E-state index in [2.05, 4.69) is 0 Å². The first-order chi connectivity index (χ1) is 5.11. The first-order valence-corrected chi connectivity index (χ1v) is 2.58. The van der Waals surface area contributed by atoms with Crippen LogP contribution in [0.15, 0.2) is 24.2 Å². The van der Waals surface area contributed by atoms with Crippen molar-refractivity contribution >= 4 is 0 Å². The molecule has 0 aromatic carbocycles. The van der Waals surface area contributed by atoms with Gasteiger partial charge in [0.2, 0.25) is 0 Å². The third-order valence-electron chi connectivity index (χ3n) is 1.06. The van der Waals surface area contributed by atoms with Crippen LogP contribution in [0.5, 0.6) is 0 Å². The lowest BCUT2D eigenvalue weighted by Gasteiger charge is -2.14. The van der Waals surface area contributed by atoms with Crippen LogP contribution < -0.4 is 0 Å². The average Bonchev–Trinajstić information content (AvgIpc) is 1.78. The van der Waals surface area contributed by atoms with Crippen molar-refractivity contribution in [3.63, 3.8) is 0 Å². The van der Waals surface area contributed by atoms with E-state index in [0.717, 1.165) is 6.20 Å². The SMILES string of the molecule is O=[N+]([O-])C=C1C=CN1[N+](=O)[O-]. The maximum Gasteiger partial charge on any atom is 0.264 e. The van der Waals surface area contributed by atoms with Crippen molar-refractivity contribution in [2.75, 3.05) is 0 Å². The summed E-state index contributed by atoms with van der Waals surface area (Å²) in [5.41, 5.74) is -0.0278. The molecule has 0 N–H and O–H groups in total. The van der Waals surface area contributed by atoms with Crippen LogP contribution in [-0.2, 0) is 0 Å². The molecular weight excluding hydrogens is 154 g/mol. The van der Waals surface area contributed by atoms with Crippen LogP contribution in [0.1, 0.15) is 0 Å². The molecule has 1 aliphatic heterocycles. The highest BCUT2D eigenvalue weighted by Gasteiger charge is 2.25. The molecule has 0 amide bonds. The van der Waals surface area contributed by atoms with E-state index < -0.39 is 9.96 Å². The molecule has 1 heterocycles. The number of hydrogen-bond donors (Lipinski definition) is 0. The fourth-order valence-corrected chi connectivity index (χ4v) is 0.586. The molecule has 58 valence electrons. The zero-order valence-corrected chi connectivity index (χ0v) is 5.21.